The van der Waals surface area contributed by atoms with E-state index in [-0.39, 0.29) is 0 Å². The fourth-order valence-electron chi connectivity index (χ4n) is 1.71. The number of benzene rings is 2. The summed E-state index contributed by atoms with van der Waals surface area (Å²) in [4.78, 5) is 4.42. The highest BCUT2D eigenvalue weighted by molar-refractivity contribution is 9.10. The van der Waals surface area contributed by atoms with Gasteiger partial charge in [0.1, 0.15) is 6.61 Å². The van der Waals surface area contributed by atoms with Gasteiger partial charge in [0, 0.05) is 10.2 Å². The molecule has 0 atom stereocenters. The molecule has 0 spiro atoms. The van der Waals surface area contributed by atoms with E-state index < -0.39 is 0 Å². The Hall–Kier alpha value is -1.59. The minimum absolute atomic E-state index is 0.516. The van der Waals surface area contributed by atoms with Gasteiger partial charge in [-0.2, -0.15) is 0 Å². The maximum absolute atomic E-state index is 5.75. The van der Waals surface area contributed by atoms with Crippen molar-refractivity contribution >= 4 is 43.2 Å². The van der Waals surface area contributed by atoms with Crippen LogP contribution in [0.5, 0.6) is 5.19 Å². The van der Waals surface area contributed by atoms with Crippen molar-refractivity contribution in [2.75, 3.05) is 5.73 Å². The third-order valence-corrected chi connectivity index (χ3v) is 4.13. The van der Waals surface area contributed by atoms with Crippen LogP contribution in [0.4, 0.5) is 5.69 Å². The molecule has 0 aliphatic carbocycles. The molecule has 5 heteroatoms. The Balaban J connectivity index is 1.76. The van der Waals surface area contributed by atoms with Gasteiger partial charge in [0.25, 0.3) is 5.19 Å². The number of halogens is 1. The van der Waals surface area contributed by atoms with E-state index in [1.807, 2.05) is 42.5 Å². The summed E-state index contributed by atoms with van der Waals surface area (Å²) in [7, 11) is 0. The van der Waals surface area contributed by atoms with Crippen molar-refractivity contribution in [1.82, 2.24) is 4.98 Å². The molecule has 3 rings (SSSR count). The number of nitrogens with two attached hydrogens (primary N) is 1. The summed E-state index contributed by atoms with van der Waals surface area (Å²) in [6.07, 6.45) is 0. The van der Waals surface area contributed by atoms with Gasteiger partial charge in [-0.3, -0.25) is 0 Å². The number of nitrogens with zero attached hydrogens (tertiary/aromatic N) is 1. The maximum Gasteiger partial charge on any atom is 0.274 e. The van der Waals surface area contributed by atoms with Crippen LogP contribution in [-0.4, -0.2) is 4.98 Å². The van der Waals surface area contributed by atoms with Crippen molar-refractivity contribution in [2.24, 2.45) is 0 Å². The molecule has 19 heavy (non-hydrogen) atoms. The lowest BCUT2D eigenvalue weighted by molar-refractivity contribution is 0.305. The smallest absolute Gasteiger partial charge is 0.274 e. The second-order valence-electron chi connectivity index (χ2n) is 4.12. The lowest BCUT2D eigenvalue weighted by atomic mass is 10.2. The number of ether oxygens (including phenoxy) is 1. The van der Waals surface area contributed by atoms with E-state index in [9.17, 15) is 0 Å². The van der Waals surface area contributed by atoms with Crippen molar-refractivity contribution in [1.29, 1.82) is 0 Å². The van der Waals surface area contributed by atoms with Crippen LogP contribution in [0.25, 0.3) is 10.2 Å². The monoisotopic (exact) mass is 334 g/mol. The zero-order valence-corrected chi connectivity index (χ0v) is 12.4. The molecule has 2 aromatic carbocycles. The van der Waals surface area contributed by atoms with E-state index in [2.05, 4.69) is 20.9 Å². The summed E-state index contributed by atoms with van der Waals surface area (Å²) in [5.41, 5.74) is 8.53. The van der Waals surface area contributed by atoms with E-state index >= 15 is 0 Å². The van der Waals surface area contributed by atoms with E-state index in [0.717, 1.165) is 25.9 Å². The van der Waals surface area contributed by atoms with Crippen molar-refractivity contribution < 1.29 is 4.74 Å². The van der Waals surface area contributed by atoms with Crippen LogP contribution < -0.4 is 10.5 Å². The third-order valence-electron chi connectivity index (χ3n) is 2.67. The molecule has 0 aliphatic rings. The van der Waals surface area contributed by atoms with Gasteiger partial charge in [0.05, 0.1) is 10.2 Å². The van der Waals surface area contributed by atoms with Gasteiger partial charge in [-0.05, 0) is 35.9 Å². The standard InChI is InChI=1S/C14H11BrN2OS/c15-10-3-1-9(2-4-10)8-18-14-17-12-6-5-11(16)7-13(12)19-14/h1-7H,8,16H2. The molecule has 0 saturated carbocycles. The number of aromatic nitrogens is 1. The number of hydrogen-bond acceptors (Lipinski definition) is 4. The SMILES string of the molecule is Nc1ccc2nc(OCc3ccc(Br)cc3)sc2c1. The van der Waals surface area contributed by atoms with Crippen LogP contribution in [0.3, 0.4) is 0 Å². The summed E-state index contributed by atoms with van der Waals surface area (Å²) in [6, 6.07) is 13.7. The minimum atomic E-state index is 0.516. The number of thiazole rings is 1. The molecule has 3 nitrogen and oxygen atoms in total. The zero-order chi connectivity index (χ0) is 13.2. The molecule has 3 aromatic rings. The predicted octanol–water partition coefficient (Wildman–Crippen LogP) is 4.22. The lowest BCUT2D eigenvalue weighted by Crippen LogP contribution is -1.94. The van der Waals surface area contributed by atoms with Crippen LogP contribution in [0.2, 0.25) is 0 Å². The fourth-order valence-corrected chi connectivity index (χ4v) is 2.84. The first-order valence-electron chi connectivity index (χ1n) is 5.74. The first-order valence-corrected chi connectivity index (χ1v) is 7.35. The molecule has 0 radical (unpaired) electrons. The Kier molecular flexibility index (Phi) is 3.40. The molecule has 1 heterocycles. The number of nitrogen functional groups attached to an aromatic ring is 1. The predicted molar refractivity (Wildman–Crippen MR) is 82.5 cm³/mol. The van der Waals surface area contributed by atoms with Crippen LogP contribution >= 0.6 is 27.3 Å². The summed E-state index contributed by atoms with van der Waals surface area (Å²) in [6.45, 7) is 0.516. The molecule has 0 aliphatic heterocycles. The van der Waals surface area contributed by atoms with E-state index in [1.165, 1.54) is 11.3 Å². The Morgan fingerprint density at radius 3 is 2.74 bits per heavy atom. The van der Waals surface area contributed by atoms with Crippen LogP contribution in [0.1, 0.15) is 5.56 Å². The lowest BCUT2D eigenvalue weighted by Gasteiger charge is -2.02. The molecule has 0 fully saturated rings. The van der Waals surface area contributed by atoms with E-state index in [0.29, 0.717) is 11.8 Å². The molecular weight excluding hydrogens is 324 g/mol. The molecule has 2 N–H and O–H groups in total. The zero-order valence-electron chi connectivity index (χ0n) is 9.97. The van der Waals surface area contributed by atoms with Gasteiger partial charge in [0.2, 0.25) is 0 Å². The van der Waals surface area contributed by atoms with Crippen LogP contribution in [0, 0.1) is 0 Å². The maximum atomic E-state index is 5.75. The van der Waals surface area contributed by atoms with Crippen molar-refractivity contribution in [3.05, 3.63) is 52.5 Å². The Bertz CT molecular complexity index is 709. The van der Waals surface area contributed by atoms with Crippen molar-refractivity contribution in [2.45, 2.75) is 6.61 Å². The summed E-state index contributed by atoms with van der Waals surface area (Å²) < 4.78 is 7.82. The quantitative estimate of drug-likeness (QED) is 0.729. The minimum Gasteiger partial charge on any atom is -0.465 e. The van der Waals surface area contributed by atoms with E-state index in [1.54, 1.807) is 0 Å². The second kappa shape index (κ2) is 5.19. The van der Waals surface area contributed by atoms with Crippen LogP contribution in [0.15, 0.2) is 46.9 Å². The Morgan fingerprint density at radius 2 is 1.95 bits per heavy atom. The summed E-state index contributed by atoms with van der Waals surface area (Å²) in [5, 5.41) is 0.670. The topological polar surface area (TPSA) is 48.1 Å². The molecule has 1 aromatic heterocycles. The normalized spacial score (nSPS) is 10.8. The first-order chi connectivity index (χ1) is 9.20. The average molecular weight is 335 g/mol. The van der Waals surface area contributed by atoms with Gasteiger partial charge in [-0.1, -0.05) is 39.4 Å². The van der Waals surface area contributed by atoms with Gasteiger partial charge < -0.3 is 10.5 Å². The highest BCUT2D eigenvalue weighted by atomic mass is 79.9. The molecule has 0 unspecified atom stereocenters. The highest BCUT2D eigenvalue weighted by Gasteiger charge is 2.05. The highest BCUT2D eigenvalue weighted by Crippen LogP contribution is 2.29. The van der Waals surface area contributed by atoms with Gasteiger partial charge in [0.15, 0.2) is 0 Å². The Labute approximate surface area is 123 Å². The number of fused-ring (bicyclic) bond motifs is 1. The third kappa shape index (κ3) is 2.88. The van der Waals surface area contributed by atoms with Crippen LogP contribution in [-0.2, 0) is 6.61 Å². The Morgan fingerprint density at radius 1 is 1.16 bits per heavy atom. The molecule has 96 valence electrons. The van der Waals surface area contributed by atoms with Gasteiger partial charge in [-0.25, -0.2) is 4.98 Å². The number of hydrogen-bond donors (Lipinski definition) is 1. The second-order valence-corrected chi connectivity index (χ2v) is 6.03. The fraction of sp³-hybridized carbons (Fsp3) is 0.0714. The van der Waals surface area contributed by atoms with Crippen molar-refractivity contribution in [3.8, 4) is 5.19 Å². The molecular formula is C14H11BrN2OS. The number of anilines is 1. The van der Waals surface area contributed by atoms with Gasteiger partial charge >= 0.3 is 0 Å². The summed E-state index contributed by atoms with van der Waals surface area (Å²) in [5.74, 6) is 0. The largest absolute Gasteiger partial charge is 0.465 e. The molecule has 0 bridgehead atoms. The molecule has 0 amide bonds. The number of rotatable bonds is 3. The molecule has 0 saturated heterocycles. The first kappa shape index (κ1) is 12.4. The average Bonchev–Trinajstić information content (AvgIpc) is 2.80. The van der Waals surface area contributed by atoms with Crippen molar-refractivity contribution in [3.63, 3.8) is 0 Å². The van der Waals surface area contributed by atoms with Gasteiger partial charge in [-0.15, -0.1) is 0 Å². The summed E-state index contributed by atoms with van der Waals surface area (Å²) >= 11 is 4.92. The van der Waals surface area contributed by atoms with E-state index in [4.69, 9.17) is 10.5 Å².